The monoisotopic (exact) mass is 348 g/mol. The van der Waals surface area contributed by atoms with Gasteiger partial charge in [-0.25, -0.2) is 13.1 Å². The molecule has 1 aliphatic heterocycles. The maximum atomic E-state index is 12.6. The minimum Gasteiger partial charge on any atom is -0.381 e. The van der Waals surface area contributed by atoms with E-state index in [1.807, 2.05) is 30.3 Å². The molecular formula is C18H24N2O3S. The zero-order valence-corrected chi connectivity index (χ0v) is 14.8. The molecule has 0 saturated carbocycles. The Bertz CT molecular complexity index is 778. The number of hydrogen-bond acceptors (Lipinski definition) is 4. The number of fused-ring (bicyclic) bond motifs is 1. The summed E-state index contributed by atoms with van der Waals surface area (Å²) in [5.74, 6) is 0. The predicted octanol–water partition coefficient (Wildman–Crippen LogP) is 2.23. The summed E-state index contributed by atoms with van der Waals surface area (Å²) in [4.78, 5) is 2.62. The highest BCUT2D eigenvalue weighted by atomic mass is 32.2. The summed E-state index contributed by atoms with van der Waals surface area (Å²) in [7, 11) is -1.76. The average molecular weight is 348 g/mol. The van der Waals surface area contributed by atoms with E-state index < -0.39 is 10.0 Å². The number of ether oxygens (including phenoxy) is 1. The van der Waals surface area contributed by atoms with Crippen LogP contribution in [0.4, 0.5) is 0 Å². The van der Waals surface area contributed by atoms with Crippen molar-refractivity contribution >= 4 is 20.8 Å². The predicted molar refractivity (Wildman–Crippen MR) is 95.6 cm³/mol. The molecule has 1 fully saturated rings. The standard InChI is InChI=1S/C18H24N2O3S/c1-23-16-9-12-20(13-10-16)14-11-19-24(21,22)18-8-4-6-15-5-2-3-7-17(15)18/h2-8,16,19H,9-14H2,1H3. The molecule has 5 nitrogen and oxygen atoms in total. The van der Waals surface area contributed by atoms with Crippen LogP contribution >= 0.6 is 0 Å². The van der Waals surface area contributed by atoms with Crippen LogP contribution in [0, 0.1) is 0 Å². The van der Waals surface area contributed by atoms with Gasteiger partial charge in [-0.2, -0.15) is 0 Å². The largest absolute Gasteiger partial charge is 0.381 e. The minimum absolute atomic E-state index is 0.341. The van der Waals surface area contributed by atoms with Crippen molar-refractivity contribution in [2.45, 2.75) is 23.8 Å². The molecule has 3 rings (SSSR count). The Kier molecular flexibility index (Phi) is 5.50. The normalized spacial score (nSPS) is 17.4. The zero-order chi connectivity index (χ0) is 17.0. The van der Waals surface area contributed by atoms with E-state index in [2.05, 4.69) is 9.62 Å². The van der Waals surface area contributed by atoms with E-state index in [4.69, 9.17) is 4.74 Å². The van der Waals surface area contributed by atoms with Gasteiger partial charge < -0.3 is 9.64 Å². The van der Waals surface area contributed by atoms with Gasteiger partial charge in [-0.05, 0) is 24.3 Å². The van der Waals surface area contributed by atoms with Crippen LogP contribution in [0.3, 0.4) is 0 Å². The molecule has 0 aliphatic carbocycles. The summed E-state index contributed by atoms with van der Waals surface area (Å²) in [6, 6.07) is 12.9. The van der Waals surface area contributed by atoms with Gasteiger partial charge in [-0.3, -0.25) is 0 Å². The molecule has 1 aliphatic rings. The lowest BCUT2D eigenvalue weighted by molar-refractivity contribution is 0.0418. The molecule has 2 aromatic carbocycles. The number of benzene rings is 2. The highest BCUT2D eigenvalue weighted by Gasteiger charge is 2.20. The Morgan fingerprint density at radius 3 is 2.58 bits per heavy atom. The topological polar surface area (TPSA) is 58.6 Å². The van der Waals surface area contributed by atoms with Crippen LogP contribution in [0.15, 0.2) is 47.4 Å². The second-order valence-corrected chi connectivity index (χ2v) is 7.89. The van der Waals surface area contributed by atoms with Crippen molar-refractivity contribution in [1.29, 1.82) is 0 Å². The van der Waals surface area contributed by atoms with Gasteiger partial charge >= 0.3 is 0 Å². The molecule has 0 unspecified atom stereocenters. The van der Waals surface area contributed by atoms with Crippen LogP contribution in [0.2, 0.25) is 0 Å². The van der Waals surface area contributed by atoms with E-state index in [0.29, 0.717) is 17.5 Å². The quantitative estimate of drug-likeness (QED) is 0.870. The van der Waals surface area contributed by atoms with Crippen molar-refractivity contribution in [2.75, 3.05) is 33.3 Å². The van der Waals surface area contributed by atoms with Crippen molar-refractivity contribution in [3.63, 3.8) is 0 Å². The first-order chi connectivity index (χ1) is 11.6. The number of rotatable bonds is 6. The molecule has 1 N–H and O–H groups in total. The van der Waals surface area contributed by atoms with Gasteiger partial charge in [0.15, 0.2) is 0 Å². The van der Waals surface area contributed by atoms with Crippen molar-refractivity contribution in [2.24, 2.45) is 0 Å². The lowest BCUT2D eigenvalue weighted by Crippen LogP contribution is -2.41. The van der Waals surface area contributed by atoms with Crippen molar-refractivity contribution in [3.8, 4) is 0 Å². The molecule has 1 saturated heterocycles. The summed E-state index contributed by atoms with van der Waals surface area (Å²) in [6.45, 7) is 3.05. The van der Waals surface area contributed by atoms with Gasteiger partial charge in [0, 0.05) is 38.7 Å². The molecule has 0 radical (unpaired) electrons. The maximum absolute atomic E-state index is 12.6. The maximum Gasteiger partial charge on any atom is 0.241 e. The van der Waals surface area contributed by atoms with E-state index >= 15 is 0 Å². The van der Waals surface area contributed by atoms with Crippen molar-refractivity contribution in [1.82, 2.24) is 9.62 Å². The van der Waals surface area contributed by atoms with Gasteiger partial charge in [-0.1, -0.05) is 36.4 Å². The first-order valence-electron chi connectivity index (χ1n) is 8.33. The first kappa shape index (κ1) is 17.4. The number of nitrogens with zero attached hydrogens (tertiary/aromatic N) is 1. The summed E-state index contributed by atoms with van der Waals surface area (Å²) in [5, 5.41) is 1.69. The van der Waals surface area contributed by atoms with Gasteiger partial charge in [0.1, 0.15) is 0 Å². The van der Waals surface area contributed by atoms with Crippen LogP contribution < -0.4 is 4.72 Å². The fraction of sp³-hybridized carbons (Fsp3) is 0.444. The molecule has 24 heavy (non-hydrogen) atoms. The SMILES string of the molecule is COC1CCN(CCNS(=O)(=O)c2cccc3ccccc23)CC1. The summed E-state index contributed by atoms with van der Waals surface area (Å²) in [5.41, 5.74) is 0. The molecule has 0 aromatic heterocycles. The van der Waals surface area contributed by atoms with Crippen LogP contribution in [0.5, 0.6) is 0 Å². The number of piperidine rings is 1. The number of likely N-dealkylation sites (tertiary alicyclic amines) is 1. The molecule has 0 atom stereocenters. The Morgan fingerprint density at radius 1 is 1.12 bits per heavy atom. The molecule has 0 spiro atoms. The smallest absolute Gasteiger partial charge is 0.241 e. The zero-order valence-electron chi connectivity index (χ0n) is 13.9. The first-order valence-corrected chi connectivity index (χ1v) is 9.81. The summed E-state index contributed by atoms with van der Waals surface area (Å²) < 4.78 is 33.4. The van der Waals surface area contributed by atoms with Crippen molar-refractivity contribution in [3.05, 3.63) is 42.5 Å². The number of nitrogens with one attached hydrogen (secondary N) is 1. The van der Waals surface area contributed by atoms with Gasteiger partial charge in [0.2, 0.25) is 10.0 Å². The Morgan fingerprint density at radius 2 is 1.83 bits per heavy atom. The molecule has 2 aromatic rings. The third kappa shape index (κ3) is 3.95. The number of sulfonamides is 1. The van der Waals surface area contributed by atoms with Crippen LogP contribution in [-0.2, 0) is 14.8 Å². The third-order valence-electron chi connectivity index (χ3n) is 4.63. The van der Waals surface area contributed by atoms with E-state index in [-0.39, 0.29) is 0 Å². The molecule has 1 heterocycles. The van der Waals surface area contributed by atoms with E-state index in [1.165, 1.54) is 0 Å². The van der Waals surface area contributed by atoms with Crippen molar-refractivity contribution < 1.29 is 13.2 Å². The summed E-state index contributed by atoms with van der Waals surface area (Å²) >= 11 is 0. The lowest BCUT2D eigenvalue weighted by Gasteiger charge is -2.31. The van der Waals surface area contributed by atoms with Gasteiger partial charge in [0.05, 0.1) is 11.0 Å². The van der Waals surface area contributed by atoms with E-state index in [0.717, 1.165) is 43.2 Å². The minimum atomic E-state index is -3.50. The third-order valence-corrected chi connectivity index (χ3v) is 6.15. The van der Waals surface area contributed by atoms with Crippen LogP contribution in [0.1, 0.15) is 12.8 Å². The lowest BCUT2D eigenvalue weighted by atomic mass is 10.1. The second kappa shape index (κ2) is 7.61. The molecule has 0 amide bonds. The number of methoxy groups -OCH3 is 1. The molecular weight excluding hydrogens is 324 g/mol. The average Bonchev–Trinajstić information content (AvgIpc) is 2.61. The second-order valence-electron chi connectivity index (χ2n) is 6.15. The highest BCUT2D eigenvalue weighted by Crippen LogP contribution is 2.22. The van der Waals surface area contributed by atoms with Gasteiger partial charge in [-0.15, -0.1) is 0 Å². The van der Waals surface area contributed by atoms with Gasteiger partial charge in [0.25, 0.3) is 0 Å². The Labute approximate surface area is 143 Å². The fourth-order valence-corrected chi connectivity index (χ4v) is 4.46. The Hall–Kier alpha value is -1.47. The van der Waals surface area contributed by atoms with Crippen LogP contribution in [-0.4, -0.2) is 52.7 Å². The van der Waals surface area contributed by atoms with E-state index in [1.54, 1.807) is 19.2 Å². The molecule has 0 bridgehead atoms. The summed E-state index contributed by atoms with van der Waals surface area (Å²) in [6.07, 6.45) is 2.35. The highest BCUT2D eigenvalue weighted by molar-refractivity contribution is 7.89. The number of hydrogen-bond donors (Lipinski definition) is 1. The molecule has 130 valence electrons. The molecule has 6 heteroatoms. The Balaban J connectivity index is 1.62. The fourth-order valence-electron chi connectivity index (χ4n) is 3.21. The van der Waals surface area contributed by atoms with Crippen LogP contribution in [0.25, 0.3) is 10.8 Å². The van der Waals surface area contributed by atoms with E-state index in [9.17, 15) is 8.42 Å².